The Morgan fingerprint density at radius 1 is 1.20 bits per heavy atom. The lowest BCUT2D eigenvalue weighted by Gasteiger charge is -2.31. The Morgan fingerprint density at radius 3 is 2.68 bits per heavy atom. The number of rotatable bonds is 5. The molecule has 0 saturated carbocycles. The topological polar surface area (TPSA) is 41.6 Å². The fourth-order valence-corrected chi connectivity index (χ4v) is 3.38. The highest BCUT2D eigenvalue weighted by Gasteiger charge is 2.25. The summed E-state index contributed by atoms with van der Waals surface area (Å²) in [5.74, 6) is 1.03. The first-order valence-electron chi connectivity index (χ1n) is 8.56. The van der Waals surface area contributed by atoms with Gasteiger partial charge in [-0.25, -0.2) is 0 Å². The third kappa shape index (κ3) is 4.97. The Bertz CT molecular complexity index is 727. The van der Waals surface area contributed by atoms with E-state index in [1.807, 2.05) is 24.3 Å². The van der Waals surface area contributed by atoms with Gasteiger partial charge < -0.3 is 10.1 Å². The van der Waals surface area contributed by atoms with Crippen LogP contribution in [-0.4, -0.2) is 31.0 Å². The van der Waals surface area contributed by atoms with Crippen LogP contribution in [0.4, 0.5) is 5.69 Å². The van der Waals surface area contributed by atoms with E-state index >= 15 is 0 Å². The summed E-state index contributed by atoms with van der Waals surface area (Å²) in [6.07, 6.45) is 1.74. The second-order valence-electron chi connectivity index (χ2n) is 6.40. The van der Waals surface area contributed by atoms with Gasteiger partial charge in [0, 0.05) is 23.2 Å². The maximum Gasteiger partial charge on any atom is 0.227 e. The smallest absolute Gasteiger partial charge is 0.227 e. The summed E-state index contributed by atoms with van der Waals surface area (Å²) in [6.45, 7) is 2.73. The van der Waals surface area contributed by atoms with Crippen molar-refractivity contribution in [2.24, 2.45) is 5.92 Å². The summed E-state index contributed by atoms with van der Waals surface area (Å²) in [5, 5.41) is 3.60. The average Bonchev–Trinajstić information content (AvgIpc) is 2.62. The summed E-state index contributed by atoms with van der Waals surface area (Å²) >= 11 is 5.96. The van der Waals surface area contributed by atoms with Crippen molar-refractivity contribution in [1.29, 1.82) is 0 Å². The monoisotopic (exact) mass is 358 g/mol. The minimum absolute atomic E-state index is 0.0561. The average molecular weight is 359 g/mol. The lowest BCUT2D eigenvalue weighted by atomic mass is 9.95. The predicted octanol–water partition coefficient (Wildman–Crippen LogP) is 4.20. The molecular weight excluding hydrogens is 336 g/mol. The minimum Gasteiger partial charge on any atom is -0.497 e. The zero-order chi connectivity index (χ0) is 17.6. The van der Waals surface area contributed by atoms with Crippen LogP contribution < -0.4 is 10.1 Å². The molecule has 1 N–H and O–H groups in total. The van der Waals surface area contributed by atoms with Crippen LogP contribution in [0.3, 0.4) is 0 Å². The standard InChI is InChI=1S/C20H23ClN2O2/c1-25-19-7-2-4-15(12-19)14-23-10-8-16(9-11-23)20(24)22-18-6-3-5-17(21)13-18/h2-7,12-13,16H,8-11,14H2,1H3,(H,22,24). The number of methoxy groups -OCH3 is 1. The normalized spacial score (nSPS) is 15.8. The lowest BCUT2D eigenvalue weighted by molar-refractivity contribution is -0.121. The number of amides is 1. The maximum absolute atomic E-state index is 12.4. The van der Waals surface area contributed by atoms with Crippen molar-refractivity contribution in [2.45, 2.75) is 19.4 Å². The van der Waals surface area contributed by atoms with Gasteiger partial charge in [-0.2, -0.15) is 0 Å². The molecule has 1 saturated heterocycles. The van der Waals surface area contributed by atoms with Crippen molar-refractivity contribution in [2.75, 3.05) is 25.5 Å². The molecule has 5 heteroatoms. The Kier molecular flexibility index (Phi) is 5.95. The number of nitrogens with zero attached hydrogens (tertiary/aromatic N) is 1. The summed E-state index contributed by atoms with van der Waals surface area (Å²) in [4.78, 5) is 14.8. The molecule has 1 amide bonds. The van der Waals surface area contributed by atoms with E-state index in [0.717, 1.165) is 43.9 Å². The van der Waals surface area contributed by atoms with Gasteiger partial charge in [-0.05, 0) is 61.8 Å². The highest BCUT2D eigenvalue weighted by Crippen LogP contribution is 2.23. The van der Waals surface area contributed by atoms with Crippen LogP contribution in [0.1, 0.15) is 18.4 Å². The van der Waals surface area contributed by atoms with E-state index < -0.39 is 0 Å². The number of piperidine rings is 1. The third-order valence-electron chi connectivity index (χ3n) is 4.59. The molecule has 3 rings (SSSR count). The number of hydrogen-bond donors (Lipinski definition) is 1. The van der Waals surface area contributed by atoms with Crippen LogP contribution in [0.2, 0.25) is 5.02 Å². The van der Waals surface area contributed by atoms with Gasteiger partial charge in [0.05, 0.1) is 7.11 Å². The van der Waals surface area contributed by atoms with E-state index in [4.69, 9.17) is 16.3 Å². The third-order valence-corrected chi connectivity index (χ3v) is 4.83. The van der Waals surface area contributed by atoms with Gasteiger partial charge in [-0.1, -0.05) is 29.8 Å². The molecule has 1 heterocycles. The van der Waals surface area contributed by atoms with Crippen LogP contribution in [0.15, 0.2) is 48.5 Å². The molecule has 1 aliphatic rings. The molecule has 132 valence electrons. The van der Waals surface area contributed by atoms with Gasteiger partial charge in [-0.3, -0.25) is 9.69 Å². The Labute approximate surface area is 153 Å². The molecule has 0 radical (unpaired) electrons. The largest absolute Gasteiger partial charge is 0.497 e. The second kappa shape index (κ2) is 8.37. The van der Waals surface area contributed by atoms with Crippen LogP contribution in [0.5, 0.6) is 5.75 Å². The van der Waals surface area contributed by atoms with E-state index in [0.29, 0.717) is 5.02 Å². The molecular formula is C20H23ClN2O2. The van der Waals surface area contributed by atoms with Gasteiger partial charge >= 0.3 is 0 Å². The van der Waals surface area contributed by atoms with Crippen molar-refractivity contribution in [1.82, 2.24) is 4.90 Å². The van der Waals surface area contributed by atoms with E-state index in [1.54, 1.807) is 19.2 Å². The molecule has 0 atom stereocenters. The molecule has 0 aliphatic carbocycles. The summed E-state index contributed by atoms with van der Waals surface area (Å²) in [5.41, 5.74) is 2.00. The number of benzene rings is 2. The van der Waals surface area contributed by atoms with Crippen LogP contribution >= 0.6 is 11.6 Å². The van der Waals surface area contributed by atoms with E-state index in [-0.39, 0.29) is 11.8 Å². The molecule has 25 heavy (non-hydrogen) atoms. The van der Waals surface area contributed by atoms with Crippen molar-refractivity contribution >= 4 is 23.2 Å². The second-order valence-corrected chi connectivity index (χ2v) is 6.84. The fraction of sp³-hybridized carbons (Fsp3) is 0.350. The van der Waals surface area contributed by atoms with Crippen molar-refractivity contribution in [3.05, 3.63) is 59.1 Å². The SMILES string of the molecule is COc1cccc(CN2CCC(C(=O)Nc3cccc(Cl)c3)CC2)c1. The molecule has 1 fully saturated rings. The quantitative estimate of drug-likeness (QED) is 0.870. The fourth-order valence-electron chi connectivity index (χ4n) is 3.19. The van der Waals surface area contributed by atoms with Gasteiger partial charge in [0.15, 0.2) is 0 Å². The maximum atomic E-state index is 12.4. The molecule has 1 aliphatic heterocycles. The predicted molar refractivity (Wildman–Crippen MR) is 101 cm³/mol. The molecule has 0 unspecified atom stereocenters. The molecule has 0 bridgehead atoms. The van der Waals surface area contributed by atoms with Crippen LogP contribution in [-0.2, 0) is 11.3 Å². The highest BCUT2D eigenvalue weighted by atomic mass is 35.5. The number of likely N-dealkylation sites (tertiary alicyclic amines) is 1. The first-order valence-corrected chi connectivity index (χ1v) is 8.93. The van der Waals surface area contributed by atoms with E-state index in [2.05, 4.69) is 22.3 Å². The first-order chi connectivity index (χ1) is 12.1. The molecule has 0 aromatic heterocycles. The number of halogens is 1. The summed E-state index contributed by atoms with van der Waals surface area (Å²) < 4.78 is 5.28. The minimum atomic E-state index is 0.0561. The van der Waals surface area contributed by atoms with Crippen LogP contribution in [0, 0.1) is 5.92 Å². The molecule has 4 nitrogen and oxygen atoms in total. The number of nitrogens with one attached hydrogen (secondary N) is 1. The molecule has 2 aromatic carbocycles. The number of carbonyl (C=O) groups excluding carboxylic acids is 1. The Morgan fingerprint density at radius 2 is 1.96 bits per heavy atom. The van der Waals surface area contributed by atoms with E-state index in [1.165, 1.54) is 5.56 Å². The zero-order valence-electron chi connectivity index (χ0n) is 14.4. The zero-order valence-corrected chi connectivity index (χ0v) is 15.1. The molecule has 0 spiro atoms. The van der Waals surface area contributed by atoms with Crippen LogP contribution in [0.25, 0.3) is 0 Å². The first kappa shape index (κ1) is 17.8. The Hall–Kier alpha value is -2.04. The van der Waals surface area contributed by atoms with Gasteiger partial charge in [0.2, 0.25) is 5.91 Å². The van der Waals surface area contributed by atoms with Crippen molar-refractivity contribution in [3.8, 4) is 5.75 Å². The summed E-state index contributed by atoms with van der Waals surface area (Å²) in [7, 11) is 1.68. The van der Waals surface area contributed by atoms with Crippen molar-refractivity contribution in [3.63, 3.8) is 0 Å². The number of ether oxygens (including phenoxy) is 1. The van der Waals surface area contributed by atoms with Crippen molar-refractivity contribution < 1.29 is 9.53 Å². The summed E-state index contributed by atoms with van der Waals surface area (Å²) in [6, 6.07) is 15.4. The van der Waals surface area contributed by atoms with Gasteiger partial charge in [0.1, 0.15) is 5.75 Å². The number of anilines is 1. The van der Waals surface area contributed by atoms with Gasteiger partial charge in [0.25, 0.3) is 0 Å². The lowest BCUT2D eigenvalue weighted by Crippen LogP contribution is -2.37. The number of carbonyl (C=O) groups is 1. The van der Waals surface area contributed by atoms with E-state index in [9.17, 15) is 4.79 Å². The number of hydrogen-bond acceptors (Lipinski definition) is 3. The van der Waals surface area contributed by atoms with Gasteiger partial charge in [-0.15, -0.1) is 0 Å². The Balaban J connectivity index is 1.50. The molecule has 2 aromatic rings. The highest BCUT2D eigenvalue weighted by molar-refractivity contribution is 6.30.